The molecule has 6 nitrogen and oxygen atoms in total. The van der Waals surface area contributed by atoms with Gasteiger partial charge in [-0.05, 0) is 41.1 Å². The number of hydrogen-bond donors (Lipinski definition) is 0. The third kappa shape index (κ3) is 5.02. The van der Waals surface area contributed by atoms with Gasteiger partial charge in [-0.15, -0.1) is 0 Å². The first-order valence-electron chi connectivity index (χ1n) is 10.7. The van der Waals surface area contributed by atoms with Crippen molar-refractivity contribution in [1.29, 1.82) is 0 Å². The van der Waals surface area contributed by atoms with Crippen molar-refractivity contribution >= 4 is 32.4 Å². The average molecular weight is 492 g/mol. The third-order valence-electron chi connectivity index (χ3n) is 5.96. The highest BCUT2D eigenvalue weighted by Crippen LogP contribution is 2.32. The van der Waals surface area contributed by atoms with Crippen LogP contribution in [0.1, 0.15) is 5.56 Å². The number of anilines is 1. The number of halogens is 3. The first-order valence-corrected chi connectivity index (χ1v) is 12.1. The molecule has 0 atom stereocenters. The van der Waals surface area contributed by atoms with Crippen molar-refractivity contribution in [3.8, 4) is 0 Å². The Morgan fingerprint density at radius 1 is 0.912 bits per heavy atom. The van der Waals surface area contributed by atoms with E-state index >= 15 is 0 Å². The first kappa shape index (κ1) is 24.0. The minimum Gasteiger partial charge on any atom is -0.368 e. The smallest absolute Gasteiger partial charge is 0.368 e. The van der Waals surface area contributed by atoms with Gasteiger partial charge in [0.25, 0.3) is 0 Å². The van der Waals surface area contributed by atoms with Crippen molar-refractivity contribution in [2.24, 2.45) is 0 Å². The van der Waals surface area contributed by atoms with Gasteiger partial charge < -0.3 is 9.80 Å². The molecular formula is C24H24F3N3O3S. The number of carbonyl (C=O) groups is 1. The standard InChI is InChI=1S/C24H24F3N3O3S/c1-28(34(32,33)22-10-9-18-5-2-3-6-19(18)15-22)17-23(31)30-13-11-29(12-14-30)21-8-4-7-20(16-21)24(25,26)27/h2-10,15-16H,11-14,17H2,1H3. The maximum absolute atomic E-state index is 13.0. The van der Waals surface area contributed by atoms with Gasteiger partial charge in [0.05, 0.1) is 17.0 Å². The molecule has 0 spiro atoms. The van der Waals surface area contributed by atoms with Gasteiger partial charge in [0.1, 0.15) is 0 Å². The van der Waals surface area contributed by atoms with Crippen molar-refractivity contribution < 1.29 is 26.4 Å². The summed E-state index contributed by atoms with van der Waals surface area (Å²) < 4.78 is 66.0. The Morgan fingerprint density at radius 2 is 1.59 bits per heavy atom. The number of rotatable bonds is 5. The van der Waals surface area contributed by atoms with Crippen molar-refractivity contribution in [2.75, 3.05) is 44.7 Å². The number of hydrogen-bond acceptors (Lipinski definition) is 4. The number of alkyl halides is 3. The van der Waals surface area contributed by atoms with E-state index in [-0.39, 0.29) is 17.3 Å². The molecule has 3 aromatic rings. The summed E-state index contributed by atoms with van der Waals surface area (Å²) in [6.45, 7) is 0.971. The molecule has 34 heavy (non-hydrogen) atoms. The molecule has 3 aromatic carbocycles. The molecule has 0 aromatic heterocycles. The molecule has 180 valence electrons. The van der Waals surface area contributed by atoms with Gasteiger partial charge in [0, 0.05) is 38.9 Å². The Balaban J connectivity index is 1.38. The molecule has 1 heterocycles. The van der Waals surface area contributed by atoms with Crippen molar-refractivity contribution in [3.05, 3.63) is 72.3 Å². The molecule has 10 heteroatoms. The number of carbonyl (C=O) groups excluding carboxylic acids is 1. The highest BCUT2D eigenvalue weighted by molar-refractivity contribution is 7.89. The molecule has 0 unspecified atom stereocenters. The predicted octanol–water partition coefficient (Wildman–Crippen LogP) is 3.83. The second kappa shape index (κ2) is 9.27. The zero-order valence-corrected chi connectivity index (χ0v) is 19.3. The minimum atomic E-state index is -4.42. The highest BCUT2D eigenvalue weighted by Gasteiger charge is 2.32. The van der Waals surface area contributed by atoms with Crippen LogP contribution >= 0.6 is 0 Å². The lowest BCUT2D eigenvalue weighted by molar-refractivity contribution is -0.137. The summed E-state index contributed by atoms with van der Waals surface area (Å²) in [5.41, 5.74) is -0.276. The topological polar surface area (TPSA) is 60.9 Å². The second-order valence-electron chi connectivity index (χ2n) is 8.19. The summed E-state index contributed by atoms with van der Waals surface area (Å²) in [7, 11) is -2.51. The van der Waals surface area contributed by atoms with Crippen LogP contribution in [0.25, 0.3) is 10.8 Å². The van der Waals surface area contributed by atoms with E-state index in [0.29, 0.717) is 31.9 Å². The summed E-state index contributed by atoms with van der Waals surface area (Å²) >= 11 is 0. The van der Waals surface area contributed by atoms with Crippen LogP contribution in [0.15, 0.2) is 71.6 Å². The van der Waals surface area contributed by atoms with Gasteiger partial charge in [-0.3, -0.25) is 4.79 Å². The molecule has 4 rings (SSSR count). The molecule has 1 fully saturated rings. The lowest BCUT2D eigenvalue weighted by Gasteiger charge is -2.36. The fraction of sp³-hybridized carbons (Fsp3) is 0.292. The maximum atomic E-state index is 13.0. The van der Waals surface area contributed by atoms with Gasteiger partial charge >= 0.3 is 6.18 Å². The summed E-state index contributed by atoms with van der Waals surface area (Å²) in [6.07, 6.45) is -4.42. The van der Waals surface area contributed by atoms with Gasteiger partial charge in [0.2, 0.25) is 15.9 Å². The summed E-state index contributed by atoms with van der Waals surface area (Å²) in [4.78, 5) is 16.2. The second-order valence-corrected chi connectivity index (χ2v) is 10.2. The van der Waals surface area contributed by atoms with E-state index in [1.807, 2.05) is 24.3 Å². The van der Waals surface area contributed by atoms with Crippen LogP contribution in [0, 0.1) is 0 Å². The normalized spacial score (nSPS) is 15.2. The number of fused-ring (bicyclic) bond motifs is 1. The Hall–Kier alpha value is -3.11. The van der Waals surface area contributed by atoms with Crippen molar-refractivity contribution in [1.82, 2.24) is 9.21 Å². The number of likely N-dealkylation sites (N-methyl/N-ethyl adjacent to an activating group) is 1. The predicted molar refractivity (Wildman–Crippen MR) is 124 cm³/mol. The zero-order chi connectivity index (χ0) is 24.5. The van der Waals surface area contributed by atoms with E-state index in [4.69, 9.17) is 0 Å². The van der Waals surface area contributed by atoms with E-state index in [1.165, 1.54) is 24.1 Å². The Morgan fingerprint density at radius 3 is 2.26 bits per heavy atom. The van der Waals surface area contributed by atoms with Crippen molar-refractivity contribution in [3.63, 3.8) is 0 Å². The van der Waals surface area contributed by atoms with E-state index in [1.54, 1.807) is 23.1 Å². The third-order valence-corrected chi connectivity index (χ3v) is 7.76. The number of nitrogens with zero attached hydrogens (tertiary/aromatic N) is 3. The van der Waals surface area contributed by atoms with Crippen LogP contribution < -0.4 is 4.90 Å². The molecule has 1 aliphatic rings. The minimum absolute atomic E-state index is 0.107. The number of piperazine rings is 1. The van der Waals surface area contributed by atoms with E-state index < -0.39 is 21.8 Å². The van der Waals surface area contributed by atoms with E-state index in [2.05, 4.69) is 0 Å². The highest BCUT2D eigenvalue weighted by atomic mass is 32.2. The van der Waals surface area contributed by atoms with Gasteiger partial charge in [0.15, 0.2) is 0 Å². The lowest BCUT2D eigenvalue weighted by Crippen LogP contribution is -2.51. The molecule has 0 radical (unpaired) electrons. The Labute approximate surface area is 196 Å². The molecule has 1 aliphatic heterocycles. The molecule has 1 saturated heterocycles. The van der Waals surface area contributed by atoms with Crippen LogP contribution in [0.5, 0.6) is 0 Å². The summed E-state index contributed by atoms with van der Waals surface area (Å²) in [5.74, 6) is -0.351. The Bertz CT molecular complexity index is 1300. The quantitative estimate of drug-likeness (QED) is 0.545. The fourth-order valence-corrected chi connectivity index (χ4v) is 5.13. The maximum Gasteiger partial charge on any atom is 0.416 e. The van der Waals surface area contributed by atoms with Crippen LogP contribution in [-0.2, 0) is 21.0 Å². The zero-order valence-electron chi connectivity index (χ0n) is 18.5. The van der Waals surface area contributed by atoms with Gasteiger partial charge in [-0.2, -0.15) is 17.5 Å². The first-order chi connectivity index (χ1) is 16.1. The fourth-order valence-electron chi connectivity index (χ4n) is 3.98. The number of benzene rings is 3. The molecule has 1 amide bonds. The van der Waals surface area contributed by atoms with Crippen LogP contribution in [0.3, 0.4) is 0 Å². The monoisotopic (exact) mass is 491 g/mol. The summed E-state index contributed by atoms with van der Waals surface area (Å²) in [5, 5.41) is 1.70. The summed E-state index contributed by atoms with van der Waals surface area (Å²) in [6, 6.07) is 17.3. The van der Waals surface area contributed by atoms with Crippen molar-refractivity contribution in [2.45, 2.75) is 11.1 Å². The van der Waals surface area contributed by atoms with Gasteiger partial charge in [-0.1, -0.05) is 36.4 Å². The number of sulfonamides is 1. The van der Waals surface area contributed by atoms with Crippen LogP contribution in [0.4, 0.5) is 18.9 Å². The van der Waals surface area contributed by atoms with Crippen LogP contribution in [0.2, 0.25) is 0 Å². The van der Waals surface area contributed by atoms with E-state index in [0.717, 1.165) is 27.2 Å². The van der Waals surface area contributed by atoms with E-state index in [9.17, 15) is 26.4 Å². The largest absolute Gasteiger partial charge is 0.416 e. The van der Waals surface area contributed by atoms with Crippen LogP contribution in [-0.4, -0.2) is 63.3 Å². The lowest BCUT2D eigenvalue weighted by atomic mass is 10.1. The molecule has 0 N–H and O–H groups in total. The Kier molecular flexibility index (Phi) is 6.55. The number of amides is 1. The van der Waals surface area contributed by atoms with Gasteiger partial charge in [-0.25, -0.2) is 8.42 Å². The molecule has 0 saturated carbocycles. The molecular weight excluding hydrogens is 467 g/mol. The molecule has 0 aliphatic carbocycles. The molecule has 0 bridgehead atoms. The SMILES string of the molecule is CN(CC(=O)N1CCN(c2cccc(C(F)(F)F)c2)CC1)S(=O)(=O)c1ccc2ccccc2c1. The average Bonchev–Trinajstić information content (AvgIpc) is 2.83.